The minimum Gasteiger partial charge on any atom is -0.357 e. The molecule has 2 aromatic carbocycles. The highest BCUT2D eigenvalue weighted by Crippen LogP contribution is 2.22. The fraction of sp³-hybridized carbons (Fsp3) is 0.333. The number of carbonyl (C=O) groups is 1. The molecule has 0 aliphatic heterocycles. The Kier molecular flexibility index (Phi) is 12.1. The summed E-state index contributed by atoms with van der Waals surface area (Å²) in [7, 11) is 0. The first-order valence-electron chi connectivity index (χ1n) is 9.23. The van der Waals surface area contributed by atoms with E-state index in [0.717, 1.165) is 12.5 Å². The zero-order chi connectivity index (χ0) is 20.4. The topological polar surface area (TPSA) is 65.5 Å². The van der Waals surface area contributed by atoms with Crippen LogP contribution in [0.4, 0.5) is 0 Å². The lowest BCUT2D eigenvalue weighted by Gasteiger charge is -2.13. The summed E-state index contributed by atoms with van der Waals surface area (Å²) in [6.45, 7) is 6.50. The van der Waals surface area contributed by atoms with Crippen molar-refractivity contribution in [3.05, 3.63) is 64.2 Å². The van der Waals surface area contributed by atoms with Crippen molar-refractivity contribution >= 4 is 59.2 Å². The van der Waals surface area contributed by atoms with Gasteiger partial charge in [0, 0.05) is 24.5 Å². The van der Waals surface area contributed by atoms with Crippen molar-refractivity contribution in [2.45, 2.75) is 25.3 Å². The van der Waals surface area contributed by atoms with Crippen LogP contribution in [0.2, 0.25) is 5.02 Å². The SMILES string of the molecule is CCNC(=NCc1ccc(C)cc1SC)NCCNC(=O)c1ccccc1Cl.I. The average molecular weight is 547 g/mol. The summed E-state index contributed by atoms with van der Waals surface area (Å²) in [6.07, 6.45) is 2.08. The Balaban J connectivity index is 0.00000420. The molecule has 0 bridgehead atoms. The lowest BCUT2D eigenvalue weighted by atomic mass is 10.1. The maximum atomic E-state index is 12.2. The first kappa shape index (κ1) is 25.6. The summed E-state index contributed by atoms with van der Waals surface area (Å²) in [6, 6.07) is 13.4. The minimum atomic E-state index is -0.182. The predicted octanol–water partition coefficient (Wildman–Crippen LogP) is 4.47. The largest absolute Gasteiger partial charge is 0.357 e. The second kappa shape index (κ2) is 13.7. The predicted molar refractivity (Wildman–Crippen MR) is 135 cm³/mol. The molecule has 0 aliphatic carbocycles. The third-order valence-corrected chi connectivity index (χ3v) is 5.17. The summed E-state index contributed by atoms with van der Waals surface area (Å²) in [5.74, 6) is 0.542. The standard InChI is InChI=1S/C21H27ClN4OS.HI/c1-4-23-21(26-14-16-10-9-15(2)13-19(16)28-3)25-12-11-24-20(27)17-7-5-6-8-18(17)22;/h5-10,13H,4,11-12,14H2,1-3H3,(H,24,27)(H2,23,25,26);1H. The molecule has 0 fully saturated rings. The molecule has 0 heterocycles. The Morgan fingerprint density at radius 2 is 1.83 bits per heavy atom. The summed E-state index contributed by atoms with van der Waals surface area (Å²) in [5, 5.41) is 9.79. The molecule has 1 amide bonds. The Hall–Kier alpha value is -1.45. The van der Waals surface area contributed by atoms with Gasteiger partial charge in [-0.25, -0.2) is 4.99 Å². The third kappa shape index (κ3) is 8.44. The van der Waals surface area contributed by atoms with Gasteiger partial charge in [-0.1, -0.05) is 35.9 Å². The number of guanidine groups is 1. The van der Waals surface area contributed by atoms with Crippen molar-refractivity contribution in [2.75, 3.05) is 25.9 Å². The van der Waals surface area contributed by atoms with Crippen molar-refractivity contribution < 1.29 is 4.79 Å². The number of benzene rings is 2. The number of hydrogen-bond acceptors (Lipinski definition) is 3. The third-order valence-electron chi connectivity index (χ3n) is 4.02. The number of hydrogen-bond donors (Lipinski definition) is 3. The molecule has 29 heavy (non-hydrogen) atoms. The second-order valence-corrected chi connectivity index (χ2v) is 7.43. The van der Waals surface area contributed by atoms with Gasteiger partial charge in [0.1, 0.15) is 0 Å². The van der Waals surface area contributed by atoms with Crippen molar-refractivity contribution in [1.29, 1.82) is 0 Å². The first-order chi connectivity index (χ1) is 13.5. The molecule has 0 aromatic heterocycles. The van der Waals surface area contributed by atoms with Crippen LogP contribution in [0.1, 0.15) is 28.4 Å². The van der Waals surface area contributed by atoms with E-state index in [-0.39, 0.29) is 29.9 Å². The monoisotopic (exact) mass is 546 g/mol. The highest BCUT2D eigenvalue weighted by Gasteiger charge is 2.08. The zero-order valence-electron chi connectivity index (χ0n) is 16.9. The number of thioether (sulfide) groups is 1. The Bertz CT molecular complexity index is 832. The smallest absolute Gasteiger partial charge is 0.252 e. The molecule has 0 saturated carbocycles. The van der Waals surface area contributed by atoms with Crippen molar-refractivity contribution in [3.63, 3.8) is 0 Å². The number of aliphatic imine (C=N–C) groups is 1. The van der Waals surface area contributed by atoms with Crippen LogP contribution in [0.5, 0.6) is 0 Å². The number of halogens is 2. The highest BCUT2D eigenvalue weighted by molar-refractivity contribution is 14.0. The van der Waals surface area contributed by atoms with E-state index in [1.807, 2.05) is 6.92 Å². The number of nitrogens with zero attached hydrogens (tertiary/aromatic N) is 1. The zero-order valence-corrected chi connectivity index (χ0v) is 20.8. The summed E-state index contributed by atoms with van der Waals surface area (Å²) < 4.78 is 0. The van der Waals surface area contributed by atoms with Crippen LogP contribution in [-0.2, 0) is 6.54 Å². The van der Waals surface area contributed by atoms with Gasteiger partial charge in [0.15, 0.2) is 5.96 Å². The van der Waals surface area contributed by atoms with Crippen LogP contribution in [0.25, 0.3) is 0 Å². The molecule has 0 unspecified atom stereocenters. The summed E-state index contributed by atoms with van der Waals surface area (Å²) in [5.41, 5.74) is 2.92. The van der Waals surface area contributed by atoms with Gasteiger partial charge in [-0.05, 0) is 49.4 Å². The van der Waals surface area contributed by atoms with Gasteiger partial charge in [-0.15, -0.1) is 35.7 Å². The number of rotatable bonds is 8. The molecule has 158 valence electrons. The second-order valence-electron chi connectivity index (χ2n) is 6.17. The van der Waals surface area contributed by atoms with Gasteiger partial charge in [-0.2, -0.15) is 0 Å². The molecule has 2 aromatic rings. The van der Waals surface area contributed by atoms with Crippen LogP contribution in [0.3, 0.4) is 0 Å². The van der Waals surface area contributed by atoms with Crippen molar-refractivity contribution in [3.8, 4) is 0 Å². The molecule has 5 nitrogen and oxygen atoms in total. The van der Waals surface area contributed by atoms with Gasteiger partial charge in [0.25, 0.3) is 5.91 Å². The van der Waals surface area contributed by atoms with Gasteiger partial charge in [0.05, 0.1) is 17.1 Å². The Morgan fingerprint density at radius 3 is 2.52 bits per heavy atom. The van der Waals surface area contributed by atoms with Gasteiger partial charge in [0.2, 0.25) is 0 Å². The Morgan fingerprint density at radius 1 is 1.10 bits per heavy atom. The molecule has 0 spiro atoms. The molecular formula is C21H28ClIN4OS. The van der Waals surface area contributed by atoms with Gasteiger partial charge < -0.3 is 16.0 Å². The molecule has 8 heteroatoms. The lowest BCUT2D eigenvalue weighted by molar-refractivity contribution is 0.0954. The molecule has 3 N–H and O–H groups in total. The molecule has 2 rings (SSSR count). The van der Waals surface area contributed by atoms with Crippen molar-refractivity contribution in [1.82, 2.24) is 16.0 Å². The van der Waals surface area contributed by atoms with Gasteiger partial charge >= 0.3 is 0 Å². The molecule has 0 saturated heterocycles. The fourth-order valence-electron chi connectivity index (χ4n) is 2.59. The van der Waals surface area contributed by atoms with Crippen LogP contribution in [-0.4, -0.2) is 37.8 Å². The van der Waals surface area contributed by atoms with E-state index in [0.29, 0.717) is 30.2 Å². The van der Waals surface area contributed by atoms with Crippen LogP contribution in [0.15, 0.2) is 52.4 Å². The minimum absolute atomic E-state index is 0. The van der Waals surface area contributed by atoms with E-state index in [1.54, 1.807) is 36.0 Å². The number of aryl methyl sites for hydroxylation is 1. The van der Waals surface area contributed by atoms with E-state index in [9.17, 15) is 4.79 Å². The Labute approximate surface area is 199 Å². The van der Waals surface area contributed by atoms with Crippen LogP contribution < -0.4 is 16.0 Å². The maximum Gasteiger partial charge on any atom is 0.252 e. The van der Waals surface area contributed by atoms with E-state index in [4.69, 9.17) is 11.6 Å². The summed E-state index contributed by atoms with van der Waals surface area (Å²) >= 11 is 7.78. The van der Waals surface area contributed by atoms with Crippen LogP contribution in [0, 0.1) is 6.92 Å². The molecule has 0 atom stereocenters. The fourth-order valence-corrected chi connectivity index (χ4v) is 3.51. The van der Waals surface area contributed by atoms with Crippen molar-refractivity contribution in [2.24, 2.45) is 4.99 Å². The summed E-state index contributed by atoms with van der Waals surface area (Å²) in [4.78, 5) is 18.1. The van der Waals surface area contributed by atoms with Gasteiger partial charge in [-0.3, -0.25) is 4.79 Å². The van der Waals surface area contributed by atoms with E-state index in [2.05, 4.69) is 52.3 Å². The quantitative estimate of drug-likeness (QED) is 0.150. The molecular weight excluding hydrogens is 519 g/mol. The maximum absolute atomic E-state index is 12.2. The molecule has 0 radical (unpaired) electrons. The highest BCUT2D eigenvalue weighted by atomic mass is 127. The van der Waals surface area contributed by atoms with E-state index in [1.165, 1.54) is 16.0 Å². The lowest BCUT2D eigenvalue weighted by Crippen LogP contribution is -2.41. The van der Waals surface area contributed by atoms with E-state index >= 15 is 0 Å². The van der Waals surface area contributed by atoms with E-state index < -0.39 is 0 Å². The average Bonchev–Trinajstić information content (AvgIpc) is 2.70. The molecule has 0 aliphatic rings. The van der Waals surface area contributed by atoms with Crippen LogP contribution >= 0.6 is 47.3 Å². The number of nitrogens with one attached hydrogen (secondary N) is 3. The number of carbonyl (C=O) groups excluding carboxylic acids is 1. The normalized spacial score (nSPS) is 10.8. The first-order valence-corrected chi connectivity index (χ1v) is 10.8. The number of amides is 1.